The van der Waals surface area contributed by atoms with Gasteiger partial charge in [-0.15, -0.1) is 13.2 Å². The minimum absolute atomic E-state index is 0.349. The molecule has 0 atom stereocenters. The highest BCUT2D eigenvalue weighted by atomic mass is 16.3. The summed E-state index contributed by atoms with van der Waals surface area (Å²) in [4.78, 5) is 0. The van der Waals surface area contributed by atoms with Crippen LogP contribution < -0.4 is 0 Å². The van der Waals surface area contributed by atoms with Crippen molar-refractivity contribution < 1.29 is 10.2 Å². The van der Waals surface area contributed by atoms with Crippen molar-refractivity contribution in [2.75, 3.05) is 0 Å². The number of benzene rings is 2. The maximum atomic E-state index is 9.19. The maximum absolute atomic E-state index is 9.19. The van der Waals surface area contributed by atoms with Gasteiger partial charge in [-0.25, -0.2) is 0 Å². The molecule has 0 bridgehead atoms. The SMILES string of the molecule is C=CCc1ccccc1O.C=CCc1ccccc1O.CCC. The van der Waals surface area contributed by atoms with Gasteiger partial charge >= 0.3 is 0 Å². The van der Waals surface area contributed by atoms with Crippen molar-refractivity contribution in [3.8, 4) is 11.5 Å². The van der Waals surface area contributed by atoms with Gasteiger partial charge in [0.15, 0.2) is 0 Å². The van der Waals surface area contributed by atoms with Gasteiger partial charge in [0.2, 0.25) is 0 Å². The fraction of sp³-hybridized carbons (Fsp3) is 0.238. The number of rotatable bonds is 4. The minimum Gasteiger partial charge on any atom is -0.508 e. The van der Waals surface area contributed by atoms with E-state index in [0.29, 0.717) is 11.5 Å². The Bertz CT molecular complexity index is 522. The fourth-order valence-corrected chi connectivity index (χ4v) is 1.68. The Labute approximate surface area is 140 Å². The Morgan fingerprint density at radius 3 is 1.30 bits per heavy atom. The summed E-state index contributed by atoms with van der Waals surface area (Å²) in [5.41, 5.74) is 1.86. The molecular formula is C21H28O2. The van der Waals surface area contributed by atoms with Crippen LogP contribution in [0.5, 0.6) is 11.5 Å². The van der Waals surface area contributed by atoms with Crippen molar-refractivity contribution >= 4 is 0 Å². The van der Waals surface area contributed by atoms with E-state index in [9.17, 15) is 10.2 Å². The molecule has 124 valence electrons. The molecule has 2 nitrogen and oxygen atoms in total. The first-order valence-electron chi connectivity index (χ1n) is 7.86. The van der Waals surface area contributed by atoms with Crippen LogP contribution in [0.2, 0.25) is 0 Å². The first-order chi connectivity index (χ1) is 11.1. The summed E-state index contributed by atoms with van der Waals surface area (Å²) >= 11 is 0. The summed E-state index contributed by atoms with van der Waals surface area (Å²) in [6, 6.07) is 14.5. The largest absolute Gasteiger partial charge is 0.508 e. The highest BCUT2D eigenvalue weighted by Gasteiger charge is 1.94. The van der Waals surface area contributed by atoms with Crippen LogP contribution in [0, 0.1) is 0 Å². The van der Waals surface area contributed by atoms with Gasteiger partial charge in [-0.2, -0.15) is 0 Å². The third-order valence-electron chi connectivity index (χ3n) is 2.71. The highest BCUT2D eigenvalue weighted by Crippen LogP contribution is 2.16. The van der Waals surface area contributed by atoms with Gasteiger partial charge in [-0.1, -0.05) is 68.8 Å². The van der Waals surface area contributed by atoms with Crippen molar-refractivity contribution in [3.05, 3.63) is 85.0 Å². The first kappa shape index (κ1) is 20.5. The molecule has 0 aromatic heterocycles. The molecule has 2 aromatic carbocycles. The molecule has 0 radical (unpaired) electrons. The van der Waals surface area contributed by atoms with Crippen molar-refractivity contribution in [1.29, 1.82) is 0 Å². The lowest BCUT2D eigenvalue weighted by atomic mass is 10.1. The minimum atomic E-state index is 0.349. The monoisotopic (exact) mass is 312 g/mol. The first-order valence-corrected chi connectivity index (χ1v) is 7.86. The Hall–Kier alpha value is -2.48. The van der Waals surface area contributed by atoms with E-state index in [2.05, 4.69) is 27.0 Å². The van der Waals surface area contributed by atoms with Crippen LogP contribution in [0.3, 0.4) is 0 Å². The predicted molar refractivity (Wildman–Crippen MR) is 100.0 cm³/mol. The standard InChI is InChI=1S/2C9H10O.C3H8/c2*1-2-5-8-6-3-4-7-9(8)10;1-3-2/h2*2-4,6-7,10H,1,5H2;3H2,1-2H3. The second-order valence-corrected chi connectivity index (χ2v) is 4.95. The van der Waals surface area contributed by atoms with Crippen LogP contribution in [0.15, 0.2) is 73.8 Å². The van der Waals surface area contributed by atoms with Crippen molar-refractivity contribution in [3.63, 3.8) is 0 Å². The van der Waals surface area contributed by atoms with Crippen LogP contribution >= 0.6 is 0 Å². The lowest BCUT2D eigenvalue weighted by Gasteiger charge is -1.97. The fourth-order valence-electron chi connectivity index (χ4n) is 1.68. The molecule has 0 aliphatic carbocycles. The number of para-hydroxylation sites is 2. The van der Waals surface area contributed by atoms with Crippen LogP contribution in [0.25, 0.3) is 0 Å². The van der Waals surface area contributed by atoms with E-state index in [0.717, 1.165) is 24.0 Å². The smallest absolute Gasteiger partial charge is 0.119 e. The molecule has 0 aliphatic rings. The molecule has 0 fully saturated rings. The maximum Gasteiger partial charge on any atom is 0.119 e. The molecule has 0 saturated carbocycles. The van der Waals surface area contributed by atoms with E-state index in [-0.39, 0.29) is 0 Å². The number of aromatic hydroxyl groups is 2. The van der Waals surface area contributed by atoms with E-state index in [1.54, 1.807) is 24.3 Å². The number of allylic oxidation sites excluding steroid dienone is 2. The quantitative estimate of drug-likeness (QED) is 0.715. The van der Waals surface area contributed by atoms with Gasteiger partial charge in [0.25, 0.3) is 0 Å². The number of phenols is 2. The van der Waals surface area contributed by atoms with Crippen molar-refractivity contribution in [2.45, 2.75) is 33.1 Å². The topological polar surface area (TPSA) is 40.5 Å². The molecule has 0 saturated heterocycles. The van der Waals surface area contributed by atoms with E-state index >= 15 is 0 Å². The van der Waals surface area contributed by atoms with Crippen LogP contribution in [-0.4, -0.2) is 10.2 Å². The number of phenolic OH excluding ortho intramolecular Hbond substituents is 2. The Morgan fingerprint density at radius 2 is 1.04 bits per heavy atom. The van der Waals surface area contributed by atoms with Crippen molar-refractivity contribution in [2.24, 2.45) is 0 Å². The summed E-state index contributed by atoms with van der Waals surface area (Å²) in [7, 11) is 0. The second kappa shape index (κ2) is 13.2. The van der Waals surface area contributed by atoms with Gasteiger partial charge in [0.1, 0.15) is 11.5 Å². The van der Waals surface area contributed by atoms with E-state index in [1.807, 2.05) is 36.4 Å². The summed E-state index contributed by atoms with van der Waals surface area (Å²) in [6.45, 7) is 11.4. The summed E-state index contributed by atoms with van der Waals surface area (Å²) < 4.78 is 0. The zero-order valence-electron chi connectivity index (χ0n) is 14.2. The normalized spacial score (nSPS) is 8.78. The predicted octanol–water partition coefficient (Wildman–Crippen LogP) is 5.66. The van der Waals surface area contributed by atoms with Gasteiger partial charge < -0.3 is 10.2 Å². The second-order valence-electron chi connectivity index (χ2n) is 4.95. The van der Waals surface area contributed by atoms with Gasteiger partial charge in [-0.3, -0.25) is 0 Å². The lowest BCUT2D eigenvalue weighted by molar-refractivity contribution is 0.469. The third kappa shape index (κ3) is 9.20. The molecule has 0 amide bonds. The van der Waals surface area contributed by atoms with Crippen LogP contribution in [-0.2, 0) is 12.8 Å². The third-order valence-corrected chi connectivity index (χ3v) is 2.71. The summed E-state index contributed by atoms with van der Waals surface area (Å²) in [5, 5.41) is 18.4. The molecule has 2 heteroatoms. The van der Waals surface area contributed by atoms with Crippen LogP contribution in [0.4, 0.5) is 0 Å². The molecule has 0 spiro atoms. The zero-order valence-corrected chi connectivity index (χ0v) is 14.2. The van der Waals surface area contributed by atoms with E-state index in [4.69, 9.17) is 0 Å². The Balaban J connectivity index is 0.000000360. The molecule has 23 heavy (non-hydrogen) atoms. The van der Waals surface area contributed by atoms with Gasteiger partial charge in [-0.05, 0) is 36.1 Å². The van der Waals surface area contributed by atoms with Gasteiger partial charge in [0, 0.05) is 0 Å². The number of hydrogen-bond acceptors (Lipinski definition) is 2. The highest BCUT2D eigenvalue weighted by molar-refractivity contribution is 5.33. The lowest BCUT2D eigenvalue weighted by Crippen LogP contribution is -1.79. The van der Waals surface area contributed by atoms with E-state index in [1.165, 1.54) is 6.42 Å². The zero-order chi connectivity index (χ0) is 17.5. The molecule has 2 rings (SSSR count). The average molecular weight is 312 g/mol. The average Bonchev–Trinajstić information content (AvgIpc) is 2.54. The molecule has 0 unspecified atom stereocenters. The van der Waals surface area contributed by atoms with Crippen LogP contribution in [0.1, 0.15) is 31.4 Å². The molecule has 0 heterocycles. The van der Waals surface area contributed by atoms with Crippen molar-refractivity contribution in [1.82, 2.24) is 0 Å². The molecule has 2 aromatic rings. The van der Waals surface area contributed by atoms with E-state index < -0.39 is 0 Å². The molecule has 0 aliphatic heterocycles. The van der Waals surface area contributed by atoms with Gasteiger partial charge in [0.05, 0.1) is 0 Å². The Kier molecular flexibility index (Phi) is 11.8. The molecular weight excluding hydrogens is 284 g/mol. The summed E-state index contributed by atoms with van der Waals surface area (Å²) in [6.07, 6.45) is 6.25. The summed E-state index contributed by atoms with van der Waals surface area (Å²) in [5.74, 6) is 0.699. The number of hydrogen-bond donors (Lipinski definition) is 2. The molecule has 2 N–H and O–H groups in total. The Morgan fingerprint density at radius 1 is 0.739 bits per heavy atom.